The fourth-order valence-electron chi connectivity index (χ4n) is 9.46. The molecular weight excluding hydrogens is 689 g/mol. The Kier molecular flexibility index (Phi) is 6.91. The quantitative estimate of drug-likeness (QED) is 0.0977. The summed E-state index contributed by atoms with van der Waals surface area (Å²) in [6, 6.07) is 63.8. The summed E-state index contributed by atoms with van der Waals surface area (Å²) in [5.41, 5.74) is 13.7. The van der Waals surface area contributed by atoms with E-state index in [1.54, 1.807) is 0 Å². The maximum absolute atomic E-state index is 7.26. The fourth-order valence-corrected chi connectivity index (χ4v) is 9.46. The van der Waals surface area contributed by atoms with E-state index in [0.717, 1.165) is 55.1 Å². The predicted octanol–water partition coefficient (Wildman–Crippen LogP) is 15.6. The van der Waals surface area contributed by atoms with Crippen LogP contribution in [0.5, 0.6) is 11.5 Å². The summed E-state index contributed by atoms with van der Waals surface area (Å²) < 4.78 is 7.26. The largest absolute Gasteiger partial charge is 0.455 e. The van der Waals surface area contributed by atoms with Crippen LogP contribution in [0.1, 0.15) is 5.56 Å². The molecule has 0 saturated heterocycles. The van der Waals surface area contributed by atoms with Crippen molar-refractivity contribution < 1.29 is 4.74 Å². The molecule has 0 bridgehead atoms. The average molecular weight is 721 g/mol. The molecule has 0 fully saturated rings. The van der Waals surface area contributed by atoms with E-state index in [1.165, 1.54) is 65.2 Å². The number of hydrogen-bond donors (Lipinski definition) is 0. The average Bonchev–Trinajstić information content (AvgIpc) is 3.28. The Balaban J connectivity index is 1.15. The van der Waals surface area contributed by atoms with Crippen LogP contribution in [-0.4, -0.2) is 0 Å². The third-order valence-electron chi connectivity index (χ3n) is 11.9. The van der Waals surface area contributed by atoms with Gasteiger partial charge >= 0.3 is 0 Å². The van der Waals surface area contributed by atoms with Crippen molar-refractivity contribution in [3.05, 3.63) is 211 Å². The molecule has 0 radical (unpaired) electrons. The van der Waals surface area contributed by atoms with Gasteiger partial charge in [-0.05, 0) is 100 Å². The SMILES string of the molecule is C1=C=C(c2c(-c3ccccc3)c3ccccc3c3ccc(-c4c5ccccc5c(Oc5cc6cccc7ccc8cccc5c8c76)c5ccccc45)cc23)C=CC=1. The van der Waals surface area contributed by atoms with Crippen molar-refractivity contribution in [1.82, 2.24) is 0 Å². The van der Waals surface area contributed by atoms with E-state index in [1.807, 2.05) is 6.08 Å². The summed E-state index contributed by atoms with van der Waals surface area (Å²) in [5.74, 6) is 1.73. The van der Waals surface area contributed by atoms with E-state index in [4.69, 9.17) is 4.74 Å². The molecule has 0 saturated carbocycles. The normalized spacial score (nSPS) is 12.6. The molecule has 57 heavy (non-hydrogen) atoms. The van der Waals surface area contributed by atoms with Crippen LogP contribution in [0.25, 0.3) is 103 Å². The first-order valence-electron chi connectivity index (χ1n) is 19.5. The molecular formula is C56H32O. The Morgan fingerprint density at radius 1 is 0.368 bits per heavy atom. The van der Waals surface area contributed by atoms with Crippen LogP contribution in [0.4, 0.5) is 0 Å². The van der Waals surface area contributed by atoms with Gasteiger partial charge in [0, 0.05) is 32.7 Å². The molecule has 0 spiro atoms. The first-order valence-corrected chi connectivity index (χ1v) is 19.5. The first kappa shape index (κ1) is 31.7. The smallest absolute Gasteiger partial charge is 0.143 e. The van der Waals surface area contributed by atoms with Gasteiger partial charge in [0.15, 0.2) is 0 Å². The monoisotopic (exact) mass is 720 g/mol. The molecule has 0 aliphatic heterocycles. The fraction of sp³-hybridized carbons (Fsp3) is 0. The van der Waals surface area contributed by atoms with Gasteiger partial charge in [0.25, 0.3) is 0 Å². The summed E-state index contributed by atoms with van der Waals surface area (Å²) in [6.45, 7) is 0. The minimum atomic E-state index is 0.862. The Morgan fingerprint density at radius 2 is 0.965 bits per heavy atom. The zero-order valence-corrected chi connectivity index (χ0v) is 30.9. The highest BCUT2D eigenvalue weighted by Crippen LogP contribution is 2.49. The van der Waals surface area contributed by atoms with Gasteiger partial charge in [0.05, 0.1) is 0 Å². The number of benzene rings is 11. The molecule has 1 aliphatic carbocycles. The Labute approximate surface area is 329 Å². The van der Waals surface area contributed by atoms with E-state index < -0.39 is 0 Å². The minimum absolute atomic E-state index is 0.862. The lowest BCUT2D eigenvalue weighted by molar-refractivity contribution is 0.500. The van der Waals surface area contributed by atoms with Crippen molar-refractivity contribution in [2.45, 2.75) is 0 Å². The van der Waals surface area contributed by atoms with E-state index in [9.17, 15) is 0 Å². The molecule has 0 amide bonds. The van der Waals surface area contributed by atoms with Gasteiger partial charge in [-0.3, -0.25) is 0 Å². The topological polar surface area (TPSA) is 9.23 Å². The molecule has 0 atom stereocenters. The number of hydrogen-bond acceptors (Lipinski definition) is 1. The van der Waals surface area contributed by atoms with E-state index >= 15 is 0 Å². The molecule has 1 heteroatoms. The molecule has 0 heterocycles. The Morgan fingerprint density at radius 3 is 1.68 bits per heavy atom. The molecule has 0 aromatic heterocycles. The Hall–Kier alpha value is -7.66. The van der Waals surface area contributed by atoms with Crippen molar-refractivity contribution in [3.63, 3.8) is 0 Å². The van der Waals surface area contributed by atoms with Crippen LogP contribution in [0, 0.1) is 0 Å². The second kappa shape index (κ2) is 12.4. The summed E-state index contributed by atoms with van der Waals surface area (Å²) in [4.78, 5) is 0. The van der Waals surface area contributed by atoms with Crippen molar-refractivity contribution in [3.8, 4) is 33.8 Å². The first-order chi connectivity index (χ1) is 28.3. The van der Waals surface area contributed by atoms with Crippen molar-refractivity contribution >= 4 is 81.0 Å². The van der Waals surface area contributed by atoms with Gasteiger partial charge in [0.1, 0.15) is 11.5 Å². The summed E-state index contributed by atoms with van der Waals surface area (Å²) >= 11 is 0. The molecule has 12 rings (SSSR count). The zero-order valence-electron chi connectivity index (χ0n) is 30.9. The van der Waals surface area contributed by atoms with E-state index in [-0.39, 0.29) is 0 Å². The summed E-state index contributed by atoms with van der Waals surface area (Å²) in [6.07, 6.45) is 6.15. The highest BCUT2D eigenvalue weighted by atomic mass is 16.5. The lowest BCUT2D eigenvalue weighted by Crippen LogP contribution is -1.96. The second-order valence-corrected chi connectivity index (χ2v) is 15.0. The summed E-state index contributed by atoms with van der Waals surface area (Å²) in [5, 5.41) is 16.6. The molecule has 11 aromatic rings. The van der Waals surface area contributed by atoms with E-state index in [2.05, 4.69) is 200 Å². The molecule has 262 valence electrons. The van der Waals surface area contributed by atoms with Crippen LogP contribution in [-0.2, 0) is 0 Å². The lowest BCUT2D eigenvalue weighted by Gasteiger charge is -2.21. The maximum Gasteiger partial charge on any atom is 0.143 e. The van der Waals surface area contributed by atoms with Crippen molar-refractivity contribution in [2.24, 2.45) is 0 Å². The van der Waals surface area contributed by atoms with Crippen LogP contribution in [0.15, 0.2) is 206 Å². The minimum Gasteiger partial charge on any atom is -0.455 e. The van der Waals surface area contributed by atoms with Gasteiger partial charge in [-0.15, -0.1) is 0 Å². The zero-order chi connectivity index (χ0) is 37.5. The van der Waals surface area contributed by atoms with Gasteiger partial charge in [-0.25, -0.2) is 0 Å². The van der Waals surface area contributed by atoms with Gasteiger partial charge in [0.2, 0.25) is 0 Å². The van der Waals surface area contributed by atoms with Crippen molar-refractivity contribution in [1.29, 1.82) is 0 Å². The predicted molar refractivity (Wildman–Crippen MR) is 242 cm³/mol. The number of allylic oxidation sites excluding steroid dienone is 4. The second-order valence-electron chi connectivity index (χ2n) is 15.0. The van der Waals surface area contributed by atoms with Crippen LogP contribution in [0.2, 0.25) is 0 Å². The van der Waals surface area contributed by atoms with Crippen molar-refractivity contribution in [2.75, 3.05) is 0 Å². The number of ether oxygens (including phenoxy) is 1. The molecule has 1 aliphatic rings. The lowest BCUT2D eigenvalue weighted by atomic mass is 9.83. The number of fused-ring (bicyclic) bond motifs is 5. The third kappa shape index (κ3) is 4.78. The van der Waals surface area contributed by atoms with E-state index in [0.29, 0.717) is 0 Å². The highest BCUT2D eigenvalue weighted by molar-refractivity contribution is 6.26. The maximum atomic E-state index is 7.26. The van der Waals surface area contributed by atoms with Gasteiger partial charge in [-0.2, -0.15) is 0 Å². The molecule has 1 nitrogen and oxygen atoms in total. The highest BCUT2D eigenvalue weighted by Gasteiger charge is 2.22. The van der Waals surface area contributed by atoms with Crippen LogP contribution >= 0.6 is 0 Å². The van der Waals surface area contributed by atoms with Gasteiger partial charge in [-0.1, -0.05) is 181 Å². The van der Waals surface area contributed by atoms with Crippen LogP contribution in [0.3, 0.4) is 0 Å². The molecule has 11 aromatic carbocycles. The number of rotatable bonds is 5. The standard InChI is InChI=1S/C56H32O/c1-3-15-35(16-4-1)53-43-23-8-7-22-41(43)42-32-31-40(33-49(42)55(53)36-17-5-2-6-18-36)52-44-24-9-11-26-46(44)56(47-27-12-10-25-45(47)52)57-50-34-39-21-13-19-37-29-30-38-20-14-28-48(50)54(38)51(37)39/h1-5,7-17,19-34H. The van der Waals surface area contributed by atoms with Crippen LogP contribution < -0.4 is 4.74 Å². The molecule has 0 N–H and O–H groups in total. The third-order valence-corrected chi connectivity index (χ3v) is 11.9. The summed E-state index contributed by atoms with van der Waals surface area (Å²) in [7, 11) is 0. The van der Waals surface area contributed by atoms with Gasteiger partial charge < -0.3 is 4.74 Å². The Bertz CT molecular complexity index is 3550. The molecule has 0 unspecified atom stereocenters.